The molecule has 0 fully saturated rings. The fraction of sp³-hybridized carbons (Fsp3) is 0.0370. The number of hydrogen-bond acceptors (Lipinski definition) is 2. The molecule has 2 heteroatoms. The van der Waals surface area contributed by atoms with Gasteiger partial charge in [-0.1, -0.05) is 72.8 Å². The average molecular weight is 370 g/mol. The van der Waals surface area contributed by atoms with Crippen LogP contribution < -0.4 is 0 Å². The second-order valence-electron chi connectivity index (χ2n) is 6.87. The monoisotopic (exact) mass is 370 g/mol. The van der Waals surface area contributed by atoms with Crippen molar-refractivity contribution in [2.75, 3.05) is 0 Å². The third-order valence-electron chi connectivity index (χ3n) is 5.07. The van der Waals surface area contributed by atoms with Gasteiger partial charge in [-0.25, -0.2) is 0 Å². The first-order valence-corrected chi connectivity index (χ1v) is 9.45. The van der Waals surface area contributed by atoms with Crippen LogP contribution in [0.15, 0.2) is 97.1 Å². The predicted molar refractivity (Wildman–Crippen MR) is 116 cm³/mol. The van der Waals surface area contributed by atoms with E-state index in [4.69, 9.17) is 10.5 Å². The van der Waals surface area contributed by atoms with Crippen LogP contribution >= 0.6 is 0 Å². The topological polar surface area (TPSA) is 47.6 Å². The van der Waals surface area contributed by atoms with Gasteiger partial charge in [0.15, 0.2) is 0 Å². The number of nitrogens with zero attached hydrogens (tertiary/aromatic N) is 2. The Balaban J connectivity index is 1.72. The molecule has 0 aliphatic carbocycles. The summed E-state index contributed by atoms with van der Waals surface area (Å²) < 4.78 is 0. The highest BCUT2D eigenvalue weighted by atomic mass is 14.2. The standard InChI is InChI=1S/C27H18N2/c28-18-20-9-13-22(14-10-20)26-7-3-1-5-24(26)17-25-6-2-4-8-27(25)23-15-11-21(19-29)12-16-23/h1-16H,17H2. The van der Waals surface area contributed by atoms with Crippen LogP contribution in [0.4, 0.5) is 0 Å². The highest BCUT2D eigenvalue weighted by molar-refractivity contribution is 5.72. The molecule has 0 aliphatic rings. The minimum atomic E-state index is 0.664. The Morgan fingerprint density at radius 1 is 0.483 bits per heavy atom. The minimum Gasteiger partial charge on any atom is -0.192 e. The summed E-state index contributed by atoms with van der Waals surface area (Å²) in [6.07, 6.45) is 0.798. The highest BCUT2D eigenvalue weighted by Crippen LogP contribution is 2.30. The van der Waals surface area contributed by atoms with Crippen molar-refractivity contribution in [1.82, 2.24) is 0 Å². The molecule has 4 rings (SSSR count). The lowest BCUT2D eigenvalue weighted by Crippen LogP contribution is -1.95. The third kappa shape index (κ3) is 3.93. The Bertz CT molecular complexity index is 1120. The van der Waals surface area contributed by atoms with Crippen LogP contribution in [0.2, 0.25) is 0 Å². The van der Waals surface area contributed by atoms with Gasteiger partial charge in [0.05, 0.1) is 23.3 Å². The summed E-state index contributed by atoms with van der Waals surface area (Å²) in [7, 11) is 0. The molecule has 0 bridgehead atoms. The first kappa shape index (κ1) is 18.2. The SMILES string of the molecule is N#Cc1ccc(-c2ccccc2Cc2ccccc2-c2ccc(C#N)cc2)cc1. The second-order valence-corrected chi connectivity index (χ2v) is 6.87. The Morgan fingerprint density at radius 3 is 1.24 bits per heavy atom. The summed E-state index contributed by atoms with van der Waals surface area (Å²) in [5.41, 5.74) is 8.36. The van der Waals surface area contributed by atoms with Gasteiger partial charge in [-0.05, 0) is 64.1 Å². The lowest BCUT2D eigenvalue weighted by Gasteiger charge is -2.14. The maximum absolute atomic E-state index is 9.05. The van der Waals surface area contributed by atoms with E-state index >= 15 is 0 Å². The minimum absolute atomic E-state index is 0.664. The van der Waals surface area contributed by atoms with Gasteiger partial charge in [-0.2, -0.15) is 10.5 Å². The van der Waals surface area contributed by atoms with Crippen molar-refractivity contribution >= 4 is 0 Å². The van der Waals surface area contributed by atoms with Gasteiger partial charge < -0.3 is 0 Å². The fourth-order valence-corrected chi connectivity index (χ4v) is 3.57. The van der Waals surface area contributed by atoms with Crippen molar-refractivity contribution < 1.29 is 0 Å². The summed E-state index contributed by atoms with van der Waals surface area (Å²) in [4.78, 5) is 0. The second kappa shape index (κ2) is 8.26. The molecule has 0 N–H and O–H groups in total. The normalized spacial score (nSPS) is 10.1. The Morgan fingerprint density at radius 2 is 0.862 bits per heavy atom. The third-order valence-corrected chi connectivity index (χ3v) is 5.07. The maximum Gasteiger partial charge on any atom is 0.0991 e. The van der Waals surface area contributed by atoms with E-state index in [-0.39, 0.29) is 0 Å². The van der Waals surface area contributed by atoms with Gasteiger partial charge >= 0.3 is 0 Å². The van der Waals surface area contributed by atoms with Crippen molar-refractivity contribution in [2.45, 2.75) is 6.42 Å². The lowest BCUT2D eigenvalue weighted by molar-refractivity contribution is 1.20. The molecule has 0 spiro atoms. The van der Waals surface area contributed by atoms with Crippen molar-refractivity contribution in [2.24, 2.45) is 0 Å². The van der Waals surface area contributed by atoms with Crippen LogP contribution in [-0.4, -0.2) is 0 Å². The first-order valence-electron chi connectivity index (χ1n) is 9.45. The Hall–Kier alpha value is -4.14. The molecule has 0 aromatic heterocycles. The zero-order chi connectivity index (χ0) is 20.1. The molecule has 0 saturated heterocycles. The van der Waals surface area contributed by atoms with Crippen LogP contribution in [0.25, 0.3) is 22.3 Å². The van der Waals surface area contributed by atoms with Crippen molar-refractivity contribution in [3.05, 3.63) is 119 Å². The van der Waals surface area contributed by atoms with Crippen LogP contribution in [0.1, 0.15) is 22.3 Å². The largest absolute Gasteiger partial charge is 0.192 e. The Kier molecular flexibility index (Phi) is 5.19. The van der Waals surface area contributed by atoms with Crippen LogP contribution in [-0.2, 0) is 6.42 Å². The van der Waals surface area contributed by atoms with Crippen molar-refractivity contribution in [3.63, 3.8) is 0 Å². The van der Waals surface area contributed by atoms with E-state index in [0.717, 1.165) is 17.5 Å². The summed E-state index contributed by atoms with van der Waals surface area (Å²) in [5, 5.41) is 18.1. The van der Waals surface area contributed by atoms with Gasteiger partial charge in [0, 0.05) is 0 Å². The molecule has 4 aromatic rings. The highest BCUT2D eigenvalue weighted by Gasteiger charge is 2.10. The van der Waals surface area contributed by atoms with E-state index in [1.807, 2.05) is 60.7 Å². The van der Waals surface area contributed by atoms with E-state index in [1.165, 1.54) is 22.3 Å². The van der Waals surface area contributed by atoms with E-state index < -0.39 is 0 Å². The first-order chi connectivity index (χ1) is 14.3. The molecule has 0 aliphatic heterocycles. The molecule has 2 nitrogen and oxygen atoms in total. The smallest absolute Gasteiger partial charge is 0.0991 e. The lowest BCUT2D eigenvalue weighted by atomic mass is 9.90. The molecule has 0 saturated carbocycles. The average Bonchev–Trinajstić information content (AvgIpc) is 2.80. The van der Waals surface area contributed by atoms with E-state index in [1.54, 1.807) is 0 Å². The fourth-order valence-electron chi connectivity index (χ4n) is 3.57. The molecular formula is C27H18N2. The maximum atomic E-state index is 9.05. The number of rotatable bonds is 4. The zero-order valence-electron chi connectivity index (χ0n) is 15.8. The molecular weight excluding hydrogens is 352 g/mol. The number of hydrogen-bond donors (Lipinski definition) is 0. The summed E-state index contributed by atoms with van der Waals surface area (Å²) in [5.74, 6) is 0. The molecule has 136 valence electrons. The quantitative estimate of drug-likeness (QED) is 0.420. The molecule has 0 atom stereocenters. The van der Waals surface area contributed by atoms with Gasteiger partial charge in [0.1, 0.15) is 0 Å². The van der Waals surface area contributed by atoms with E-state index in [2.05, 4.69) is 48.5 Å². The summed E-state index contributed by atoms with van der Waals surface area (Å²) in [6, 6.07) is 36.6. The van der Waals surface area contributed by atoms with Crippen molar-refractivity contribution in [3.8, 4) is 34.4 Å². The van der Waals surface area contributed by atoms with Gasteiger partial charge in [-0.3, -0.25) is 0 Å². The van der Waals surface area contributed by atoms with E-state index in [0.29, 0.717) is 11.1 Å². The van der Waals surface area contributed by atoms with Crippen LogP contribution in [0.5, 0.6) is 0 Å². The predicted octanol–water partition coefficient (Wildman–Crippen LogP) is 6.35. The summed E-state index contributed by atoms with van der Waals surface area (Å²) in [6.45, 7) is 0. The summed E-state index contributed by atoms with van der Waals surface area (Å²) >= 11 is 0. The van der Waals surface area contributed by atoms with Gasteiger partial charge in [0.25, 0.3) is 0 Å². The number of nitriles is 2. The van der Waals surface area contributed by atoms with Gasteiger partial charge in [-0.15, -0.1) is 0 Å². The molecule has 0 amide bonds. The molecule has 4 aromatic carbocycles. The molecule has 0 heterocycles. The van der Waals surface area contributed by atoms with Gasteiger partial charge in [0.2, 0.25) is 0 Å². The molecule has 0 radical (unpaired) electrons. The zero-order valence-corrected chi connectivity index (χ0v) is 15.8. The molecule has 29 heavy (non-hydrogen) atoms. The van der Waals surface area contributed by atoms with Crippen molar-refractivity contribution in [1.29, 1.82) is 10.5 Å². The van der Waals surface area contributed by atoms with Crippen LogP contribution in [0, 0.1) is 22.7 Å². The number of benzene rings is 4. The Labute approximate surface area is 170 Å². The van der Waals surface area contributed by atoms with Crippen LogP contribution in [0.3, 0.4) is 0 Å². The molecule has 0 unspecified atom stereocenters. The van der Waals surface area contributed by atoms with E-state index in [9.17, 15) is 0 Å².